The maximum absolute atomic E-state index is 2.80. The summed E-state index contributed by atoms with van der Waals surface area (Å²) in [5, 5.41) is 2.42. The van der Waals surface area contributed by atoms with Crippen LogP contribution in [-0.2, 0) is 25.7 Å². The Morgan fingerprint density at radius 2 is 0.898 bits per heavy atom. The van der Waals surface area contributed by atoms with Crippen LogP contribution < -0.4 is 2.89 Å². The van der Waals surface area contributed by atoms with E-state index in [0.29, 0.717) is 23.7 Å². The first kappa shape index (κ1) is 41.4. The molecule has 0 aliphatic heterocycles. The molecule has 0 spiro atoms. The van der Waals surface area contributed by atoms with Gasteiger partial charge in [-0.15, -0.1) is 0 Å². The topological polar surface area (TPSA) is 0 Å². The maximum atomic E-state index is 2.80. The molecular formula is C44H68S4Sn. The van der Waals surface area contributed by atoms with Crippen LogP contribution in [0, 0.1) is 23.7 Å². The zero-order chi connectivity index (χ0) is 35.7. The van der Waals surface area contributed by atoms with Crippen molar-refractivity contribution in [3.8, 4) is 29.3 Å². The molecule has 0 bridgehead atoms. The van der Waals surface area contributed by atoms with Gasteiger partial charge < -0.3 is 0 Å². The van der Waals surface area contributed by atoms with Crippen molar-refractivity contribution in [3.63, 3.8) is 0 Å². The first-order valence-electron chi connectivity index (χ1n) is 19.9. The fourth-order valence-corrected chi connectivity index (χ4v) is 31.7. The van der Waals surface area contributed by atoms with Crippen LogP contribution in [0.4, 0.5) is 0 Å². The standard InChI is InChI=1S/C32H41S4.3C4H9.Sn/c1-19(2)11-23-15-27(34-18-23)31-25(13-21(5)6)17-29(36-31)32-26(14-22(7)8)16-28(35-32)30-24(9-10-33-30)12-20(3)4;3*1-3-4-2;/h9,15-22H,11-14H2,1-8H3;3*1,3-4H2,2H3;. The van der Waals surface area contributed by atoms with Crippen LogP contribution in [0.2, 0.25) is 13.3 Å². The summed E-state index contributed by atoms with van der Waals surface area (Å²) in [4.78, 5) is 9.23. The zero-order valence-corrected chi connectivity index (χ0v) is 39.1. The molecule has 0 atom stereocenters. The molecule has 0 aromatic carbocycles. The van der Waals surface area contributed by atoms with E-state index in [4.69, 9.17) is 0 Å². The summed E-state index contributed by atoms with van der Waals surface area (Å²) < 4.78 is 6.57. The van der Waals surface area contributed by atoms with Crippen LogP contribution in [0.3, 0.4) is 0 Å². The molecule has 4 heterocycles. The summed E-state index contributed by atoms with van der Waals surface area (Å²) in [6.45, 7) is 26.3. The van der Waals surface area contributed by atoms with Gasteiger partial charge in [0.25, 0.3) is 0 Å². The third-order valence-corrected chi connectivity index (χ3v) is 33.1. The van der Waals surface area contributed by atoms with Gasteiger partial charge in [0.05, 0.1) is 0 Å². The second-order valence-electron chi connectivity index (χ2n) is 16.7. The van der Waals surface area contributed by atoms with E-state index in [1.807, 2.05) is 14.2 Å². The third-order valence-electron chi connectivity index (χ3n) is 9.83. The summed E-state index contributed by atoms with van der Waals surface area (Å²) in [5.74, 6) is 2.65. The van der Waals surface area contributed by atoms with Crippen molar-refractivity contribution in [2.75, 3.05) is 0 Å². The van der Waals surface area contributed by atoms with Gasteiger partial charge in [0.1, 0.15) is 0 Å². The van der Waals surface area contributed by atoms with Crippen molar-refractivity contribution in [1.82, 2.24) is 0 Å². The Balaban J connectivity index is 1.87. The molecule has 0 unspecified atom stereocenters. The van der Waals surface area contributed by atoms with E-state index in [1.165, 1.54) is 71.6 Å². The Hall–Kier alpha value is -0.401. The number of hydrogen-bond donors (Lipinski definition) is 0. The molecular weight excluding hydrogens is 775 g/mol. The van der Waals surface area contributed by atoms with Crippen LogP contribution in [0.25, 0.3) is 29.3 Å². The minimum absolute atomic E-state index is 0.640. The van der Waals surface area contributed by atoms with E-state index in [-0.39, 0.29) is 0 Å². The predicted molar refractivity (Wildman–Crippen MR) is 233 cm³/mol. The molecule has 0 amide bonds. The monoisotopic (exact) mass is 844 g/mol. The van der Waals surface area contributed by atoms with Gasteiger partial charge in [-0.05, 0) is 12.3 Å². The minimum atomic E-state index is -2.54. The Morgan fingerprint density at radius 3 is 1.33 bits per heavy atom. The van der Waals surface area contributed by atoms with Crippen molar-refractivity contribution in [3.05, 3.63) is 51.9 Å². The quantitative estimate of drug-likeness (QED) is 0.0733. The van der Waals surface area contributed by atoms with Gasteiger partial charge in [-0.3, -0.25) is 0 Å². The van der Waals surface area contributed by atoms with Crippen LogP contribution >= 0.6 is 45.3 Å². The molecule has 0 N–H and O–H groups in total. The predicted octanol–water partition coefficient (Wildman–Crippen LogP) is 15.8. The molecule has 272 valence electrons. The Labute approximate surface area is 322 Å². The first-order chi connectivity index (χ1) is 23.4. The number of unbranched alkanes of at least 4 members (excludes halogenated alkanes) is 3. The Bertz CT molecular complexity index is 1530. The summed E-state index contributed by atoms with van der Waals surface area (Å²) in [6.07, 6.45) is 13.0. The molecule has 4 aromatic rings. The Kier molecular flexibility index (Phi) is 16.6. The molecule has 0 aliphatic rings. The van der Waals surface area contributed by atoms with Crippen molar-refractivity contribution in [2.24, 2.45) is 23.7 Å². The van der Waals surface area contributed by atoms with Gasteiger partial charge in [0.2, 0.25) is 0 Å². The normalized spacial score (nSPS) is 12.6. The van der Waals surface area contributed by atoms with Gasteiger partial charge >= 0.3 is 299 Å². The number of thiophene rings is 4. The summed E-state index contributed by atoms with van der Waals surface area (Å²) in [5.41, 5.74) is 6.30. The van der Waals surface area contributed by atoms with Gasteiger partial charge in [-0.1, -0.05) is 13.8 Å². The number of hydrogen-bond acceptors (Lipinski definition) is 4. The average Bonchev–Trinajstić information content (AvgIpc) is 3.82. The van der Waals surface area contributed by atoms with E-state index in [9.17, 15) is 0 Å². The fraction of sp³-hybridized carbons (Fsp3) is 0.636. The Morgan fingerprint density at radius 1 is 0.490 bits per heavy atom. The third kappa shape index (κ3) is 11.3. The van der Waals surface area contributed by atoms with E-state index in [2.05, 4.69) is 140 Å². The second-order valence-corrected chi connectivity index (χ2v) is 34.9. The zero-order valence-electron chi connectivity index (χ0n) is 33.0. The second kappa shape index (κ2) is 19.6. The SMILES string of the molecule is CCC[CH2][Sn]([CH2]CCC)([CH2]CCC)[c]1cc(CC(C)C)c(-c2cc(CC(C)C)c(-c3cc(CC(C)C)c(-c4cc(CC(C)C)cs4)s3)s2)s1. The molecule has 5 heteroatoms. The van der Waals surface area contributed by atoms with Crippen LogP contribution in [0.1, 0.15) is 137 Å². The van der Waals surface area contributed by atoms with Gasteiger partial charge in [-0.25, -0.2) is 0 Å². The van der Waals surface area contributed by atoms with E-state index in [1.54, 1.807) is 44.6 Å². The summed E-state index contributed by atoms with van der Waals surface area (Å²) in [6, 6.07) is 10.5. The van der Waals surface area contributed by atoms with Crippen molar-refractivity contribution >= 4 is 66.6 Å². The molecule has 0 saturated carbocycles. The average molecular weight is 844 g/mol. The van der Waals surface area contributed by atoms with Gasteiger partial charge in [-0.2, -0.15) is 0 Å². The summed E-state index contributed by atoms with van der Waals surface area (Å²) in [7, 11) is 0. The molecule has 0 nitrogen and oxygen atoms in total. The van der Waals surface area contributed by atoms with Crippen LogP contribution in [-0.4, -0.2) is 18.4 Å². The van der Waals surface area contributed by atoms with Gasteiger partial charge in [0.15, 0.2) is 0 Å². The van der Waals surface area contributed by atoms with Crippen molar-refractivity contribution in [1.29, 1.82) is 0 Å². The molecule has 4 aromatic heterocycles. The van der Waals surface area contributed by atoms with Crippen LogP contribution in [0.15, 0.2) is 29.6 Å². The van der Waals surface area contributed by atoms with E-state index in [0.717, 1.165) is 12.8 Å². The first-order valence-corrected chi connectivity index (χ1v) is 30.7. The molecule has 0 aliphatic carbocycles. The van der Waals surface area contributed by atoms with Crippen molar-refractivity contribution < 1.29 is 0 Å². The van der Waals surface area contributed by atoms with Crippen LogP contribution in [0.5, 0.6) is 0 Å². The summed E-state index contributed by atoms with van der Waals surface area (Å²) >= 11 is 5.90. The van der Waals surface area contributed by atoms with E-state index >= 15 is 0 Å². The molecule has 0 fully saturated rings. The fourth-order valence-electron chi connectivity index (χ4n) is 7.53. The van der Waals surface area contributed by atoms with Gasteiger partial charge in [0, 0.05) is 0 Å². The molecule has 49 heavy (non-hydrogen) atoms. The van der Waals surface area contributed by atoms with E-state index < -0.39 is 18.4 Å². The molecule has 0 radical (unpaired) electrons. The molecule has 4 rings (SSSR count). The van der Waals surface area contributed by atoms with Crippen molar-refractivity contribution in [2.45, 2.75) is 154 Å². The molecule has 0 saturated heterocycles. The number of rotatable bonds is 21.